The highest BCUT2D eigenvalue weighted by Gasteiger charge is 2.18. The van der Waals surface area contributed by atoms with Crippen LogP contribution in [0, 0.1) is 11.6 Å². The monoisotopic (exact) mass is 356 g/mol. The number of carbonyl (C=O) groups is 1. The first-order valence-electron chi connectivity index (χ1n) is 7.51. The van der Waals surface area contributed by atoms with E-state index in [4.69, 9.17) is 0 Å². The van der Waals surface area contributed by atoms with Gasteiger partial charge in [0.1, 0.15) is 11.6 Å². The van der Waals surface area contributed by atoms with Crippen molar-refractivity contribution in [2.45, 2.75) is 6.54 Å². The quantitative estimate of drug-likeness (QED) is 0.623. The smallest absolute Gasteiger partial charge is 0.251 e. The Morgan fingerprint density at radius 3 is 2.72 bits per heavy atom. The lowest BCUT2D eigenvalue weighted by Crippen LogP contribution is -2.30. The van der Waals surface area contributed by atoms with Gasteiger partial charge in [0.05, 0.1) is 17.9 Å². The first-order chi connectivity index (χ1) is 12.1. The van der Waals surface area contributed by atoms with E-state index in [9.17, 15) is 13.6 Å². The predicted molar refractivity (Wildman–Crippen MR) is 95.1 cm³/mol. The summed E-state index contributed by atoms with van der Waals surface area (Å²) >= 11 is 1.49. The van der Waals surface area contributed by atoms with Gasteiger partial charge in [-0.05, 0) is 41.8 Å². The zero-order valence-electron chi connectivity index (χ0n) is 13.1. The van der Waals surface area contributed by atoms with Gasteiger partial charge in [0, 0.05) is 23.2 Å². The summed E-state index contributed by atoms with van der Waals surface area (Å²) in [5.74, 6) is -1.90. The van der Waals surface area contributed by atoms with Gasteiger partial charge < -0.3 is 0 Å². The second kappa shape index (κ2) is 7.81. The third kappa shape index (κ3) is 4.36. The minimum Gasteiger partial charge on any atom is -0.300 e. The van der Waals surface area contributed by atoms with Crippen LogP contribution in [0.3, 0.4) is 0 Å². The van der Waals surface area contributed by atoms with Crippen molar-refractivity contribution in [3.8, 4) is 0 Å². The highest BCUT2D eigenvalue weighted by molar-refractivity contribution is 7.10. The van der Waals surface area contributed by atoms with Gasteiger partial charge in [0.25, 0.3) is 5.91 Å². The van der Waals surface area contributed by atoms with Gasteiger partial charge in [-0.2, -0.15) is 0 Å². The molecule has 0 bridgehead atoms. The van der Waals surface area contributed by atoms with Crippen molar-refractivity contribution in [2.75, 3.05) is 4.90 Å². The molecule has 0 aliphatic heterocycles. The highest BCUT2D eigenvalue weighted by atomic mass is 32.1. The average Bonchev–Trinajstić information content (AvgIpc) is 3.13. The number of thiophene rings is 1. The molecule has 0 saturated carbocycles. The summed E-state index contributed by atoms with van der Waals surface area (Å²) in [6.07, 6.45) is 4.64. The van der Waals surface area contributed by atoms with Crippen LogP contribution >= 0.6 is 11.3 Å². The molecule has 0 unspecified atom stereocenters. The molecule has 6 heteroatoms. The van der Waals surface area contributed by atoms with Gasteiger partial charge in [-0.25, -0.2) is 8.78 Å². The van der Waals surface area contributed by atoms with Crippen molar-refractivity contribution >= 4 is 29.0 Å². The number of hydrogen-bond donors (Lipinski definition) is 0. The van der Waals surface area contributed by atoms with E-state index in [-0.39, 0.29) is 12.2 Å². The van der Waals surface area contributed by atoms with Gasteiger partial charge in [-0.3, -0.25) is 14.7 Å². The summed E-state index contributed by atoms with van der Waals surface area (Å²) in [4.78, 5) is 19.0. The maximum atomic E-state index is 14.2. The van der Waals surface area contributed by atoms with E-state index >= 15 is 0 Å². The molecule has 0 fully saturated rings. The van der Waals surface area contributed by atoms with Gasteiger partial charge >= 0.3 is 0 Å². The minimum atomic E-state index is -0.797. The Morgan fingerprint density at radius 1 is 1.16 bits per heavy atom. The van der Waals surface area contributed by atoms with Crippen LogP contribution in [0.5, 0.6) is 0 Å². The summed E-state index contributed by atoms with van der Waals surface area (Å²) in [5, 5.41) is 1.90. The van der Waals surface area contributed by atoms with Crippen molar-refractivity contribution < 1.29 is 13.6 Å². The molecule has 3 rings (SSSR count). The summed E-state index contributed by atoms with van der Waals surface area (Å²) in [6, 6.07) is 12.2. The molecule has 3 nitrogen and oxygen atoms in total. The Kier molecular flexibility index (Phi) is 5.30. The normalized spacial score (nSPS) is 11.0. The maximum absolute atomic E-state index is 14.2. The number of aromatic nitrogens is 1. The van der Waals surface area contributed by atoms with Crippen molar-refractivity contribution in [2.24, 2.45) is 0 Å². The van der Waals surface area contributed by atoms with Crippen LogP contribution in [0.25, 0.3) is 6.08 Å². The van der Waals surface area contributed by atoms with E-state index in [1.807, 2.05) is 17.5 Å². The summed E-state index contributed by atoms with van der Waals surface area (Å²) in [7, 11) is 0. The van der Waals surface area contributed by atoms with Crippen molar-refractivity contribution in [1.29, 1.82) is 0 Å². The number of amides is 1. The van der Waals surface area contributed by atoms with E-state index in [1.54, 1.807) is 30.5 Å². The van der Waals surface area contributed by atoms with Gasteiger partial charge in [-0.15, -0.1) is 11.3 Å². The lowest BCUT2D eigenvalue weighted by molar-refractivity contribution is -0.114. The topological polar surface area (TPSA) is 33.2 Å². The fourth-order valence-corrected chi connectivity index (χ4v) is 2.88. The predicted octanol–water partition coefficient (Wildman–Crippen LogP) is 4.67. The van der Waals surface area contributed by atoms with Gasteiger partial charge in [-0.1, -0.05) is 12.1 Å². The Morgan fingerprint density at radius 2 is 2.04 bits per heavy atom. The van der Waals surface area contributed by atoms with E-state index in [2.05, 4.69) is 4.98 Å². The molecule has 0 aliphatic rings. The highest BCUT2D eigenvalue weighted by Crippen LogP contribution is 2.23. The molecule has 2 heterocycles. The second-order valence-electron chi connectivity index (χ2n) is 5.19. The molecule has 0 N–H and O–H groups in total. The largest absolute Gasteiger partial charge is 0.300 e. The number of hydrogen-bond acceptors (Lipinski definition) is 3. The van der Waals surface area contributed by atoms with E-state index in [1.165, 1.54) is 28.4 Å². The van der Waals surface area contributed by atoms with Crippen LogP contribution in [0.4, 0.5) is 14.5 Å². The number of rotatable bonds is 5. The number of benzene rings is 1. The molecule has 0 saturated heterocycles. The number of halogens is 2. The van der Waals surface area contributed by atoms with Crippen LogP contribution in [0.1, 0.15) is 10.6 Å². The summed E-state index contributed by atoms with van der Waals surface area (Å²) in [5.41, 5.74) is 0.608. The zero-order valence-corrected chi connectivity index (χ0v) is 13.9. The van der Waals surface area contributed by atoms with Crippen molar-refractivity contribution in [3.63, 3.8) is 0 Å². The molecule has 126 valence electrons. The molecule has 0 aliphatic carbocycles. The Balaban J connectivity index is 1.92. The molecular formula is C19H14F2N2OS. The molecule has 0 radical (unpaired) electrons. The fourth-order valence-electron chi connectivity index (χ4n) is 2.27. The van der Waals surface area contributed by atoms with Crippen molar-refractivity contribution in [1.82, 2.24) is 4.98 Å². The lowest BCUT2D eigenvalue weighted by Gasteiger charge is -2.21. The summed E-state index contributed by atoms with van der Waals surface area (Å²) in [6.45, 7) is 0.0804. The Hall–Kier alpha value is -2.86. The molecule has 0 spiro atoms. The number of anilines is 1. The van der Waals surface area contributed by atoms with E-state index < -0.39 is 17.5 Å². The van der Waals surface area contributed by atoms with Crippen molar-refractivity contribution in [3.05, 3.63) is 88.4 Å². The Labute approximate surface area is 147 Å². The van der Waals surface area contributed by atoms with Crippen LogP contribution in [-0.4, -0.2) is 10.9 Å². The number of pyridine rings is 1. The van der Waals surface area contributed by atoms with Gasteiger partial charge in [0.2, 0.25) is 0 Å². The molecule has 1 aromatic carbocycles. The van der Waals surface area contributed by atoms with E-state index in [0.29, 0.717) is 5.69 Å². The second-order valence-corrected chi connectivity index (χ2v) is 6.17. The fraction of sp³-hybridized carbons (Fsp3) is 0.0526. The molecule has 0 atom stereocenters. The van der Waals surface area contributed by atoms with E-state index in [0.717, 1.165) is 17.0 Å². The van der Waals surface area contributed by atoms with Crippen LogP contribution < -0.4 is 4.90 Å². The molecule has 2 aromatic heterocycles. The summed E-state index contributed by atoms with van der Waals surface area (Å²) < 4.78 is 27.4. The minimum absolute atomic E-state index is 0.00730. The standard InChI is InChI=1S/C19H14F2N2OS/c20-14-6-8-18(17(21)12-14)23(13-15-4-1-2-10-22-15)19(24)9-7-16-5-3-11-25-16/h1-12H,13H2. The zero-order chi connectivity index (χ0) is 17.6. The third-order valence-corrected chi connectivity index (χ3v) is 4.28. The lowest BCUT2D eigenvalue weighted by atomic mass is 10.2. The van der Waals surface area contributed by atoms with Crippen LogP contribution in [0.2, 0.25) is 0 Å². The number of carbonyl (C=O) groups excluding carboxylic acids is 1. The molecule has 3 aromatic rings. The molecule has 1 amide bonds. The SMILES string of the molecule is O=C(C=Cc1cccs1)N(Cc1ccccn1)c1ccc(F)cc1F. The Bertz CT molecular complexity index is 880. The molecule has 25 heavy (non-hydrogen) atoms. The first kappa shape index (κ1) is 17.0. The van der Waals surface area contributed by atoms with Crippen LogP contribution in [-0.2, 0) is 11.3 Å². The van der Waals surface area contributed by atoms with Crippen LogP contribution in [0.15, 0.2) is 66.2 Å². The number of nitrogens with zero attached hydrogens (tertiary/aromatic N) is 2. The first-order valence-corrected chi connectivity index (χ1v) is 8.39. The maximum Gasteiger partial charge on any atom is 0.251 e. The molecular weight excluding hydrogens is 342 g/mol. The van der Waals surface area contributed by atoms with Gasteiger partial charge in [0.15, 0.2) is 0 Å². The average molecular weight is 356 g/mol. The third-order valence-electron chi connectivity index (χ3n) is 3.45.